The zero-order valence-corrected chi connectivity index (χ0v) is 14.7. The lowest BCUT2D eigenvalue weighted by atomic mass is 9.81. The molecule has 0 aromatic heterocycles. The number of morpholine rings is 1. The molecule has 0 radical (unpaired) electrons. The monoisotopic (exact) mass is 346 g/mol. The summed E-state index contributed by atoms with van der Waals surface area (Å²) in [7, 11) is 0. The Morgan fingerprint density at radius 3 is 2.64 bits per heavy atom. The maximum absolute atomic E-state index is 12.9. The molecule has 0 saturated carbocycles. The first-order valence-electron chi connectivity index (χ1n) is 9.06. The third-order valence-electron chi connectivity index (χ3n) is 5.23. The third kappa shape index (κ3) is 3.70. The summed E-state index contributed by atoms with van der Waals surface area (Å²) in [6.45, 7) is 6.81. The fraction of sp³-hybridized carbons (Fsp3) is 0.579. The average Bonchev–Trinajstić information content (AvgIpc) is 2.63. The van der Waals surface area contributed by atoms with E-state index in [9.17, 15) is 14.7 Å². The lowest BCUT2D eigenvalue weighted by molar-refractivity contribution is -0.140. The van der Waals surface area contributed by atoms with Gasteiger partial charge in [0.2, 0.25) is 0 Å². The van der Waals surface area contributed by atoms with Gasteiger partial charge in [0.25, 0.3) is 5.91 Å². The maximum atomic E-state index is 12.9. The summed E-state index contributed by atoms with van der Waals surface area (Å²) >= 11 is 0. The minimum atomic E-state index is -0.857. The van der Waals surface area contributed by atoms with Crippen molar-refractivity contribution in [2.45, 2.75) is 31.7 Å². The second kappa shape index (κ2) is 7.97. The van der Waals surface area contributed by atoms with E-state index in [1.807, 2.05) is 13.0 Å². The number of carboxylic acids is 1. The summed E-state index contributed by atoms with van der Waals surface area (Å²) < 4.78 is 5.36. The number of fused-ring (bicyclic) bond motifs is 1. The van der Waals surface area contributed by atoms with Gasteiger partial charge in [0.15, 0.2) is 0 Å². The summed E-state index contributed by atoms with van der Waals surface area (Å²) in [5.74, 6) is -1.55. The zero-order valence-electron chi connectivity index (χ0n) is 14.7. The van der Waals surface area contributed by atoms with E-state index in [1.165, 1.54) is 0 Å². The van der Waals surface area contributed by atoms with Crippen molar-refractivity contribution in [2.24, 2.45) is 0 Å². The Kier molecular flexibility index (Phi) is 5.71. The van der Waals surface area contributed by atoms with Crippen molar-refractivity contribution in [3.8, 4) is 0 Å². The minimum absolute atomic E-state index is 0.0399. The van der Waals surface area contributed by atoms with Crippen molar-refractivity contribution in [3.63, 3.8) is 0 Å². The van der Waals surface area contributed by atoms with Crippen molar-refractivity contribution in [1.29, 1.82) is 0 Å². The summed E-state index contributed by atoms with van der Waals surface area (Å²) in [5, 5.41) is 9.76. The lowest BCUT2D eigenvalue weighted by Crippen LogP contribution is -2.50. The Morgan fingerprint density at radius 1 is 1.24 bits per heavy atom. The number of rotatable bonds is 6. The van der Waals surface area contributed by atoms with Gasteiger partial charge in [-0.05, 0) is 24.5 Å². The van der Waals surface area contributed by atoms with Crippen molar-refractivity contribution in [1.82, 2.24) is 9.80 Å². The normalized spacial score (nSPS) is 24.2. The van der Waals surface area contributed by atoms with Crippen LogP contribution in [-0.4, -0.2) is 72.2 Å². The average molecular weight is 346 g/mol. The molecule has 1 saturated heterocycles. The molecule has 2 unspecified atom stereocenters. The number of aliphatic carboxylic acids is 1. The predicted octanol–water partition coefficient (Wildman–Crippen LogP) is 1.81. The highest BCUT2D eigenvalue weighted by atomic mass is 16.5. The molecule has 136 valence electrons. The molecule has 0 aliphatic carbocycles. The summed E-state index contributed by atoms with van der Waals surface area (Å²) in [4.78, 5) is 28.9. The van der Waals surface area contributed by atoms with E-state index in [0.29, 0.717) is 24.1 Å². The fourth-order valence-corrected chi connectivity index (χ4v) is 3.97. The molecular formula is C19H26N2O4. The second-order valence-corrected chi connectivity index (χ2v) is 6.68. The fourth-order valence-electron chi connectivity index (χ4n) is 3.97. The maximum Gasteiger partial charge on any atom is 0.313 e. The number of hydrogen-bond donors (Lipinski definition) is 1. The van der Waals surface area contributed by atoms with Gasteiger partial charge in [0.1, 0.15) is 5.92 Å². The molecule has 2 aliphatic heterocycles. The highest BCUT2D eigenvalue weighted by Crippen LogP contribution is 2.35. The number of carbonyl (C=O) groups is 2. The number of benzene rings is 1. The Balaban J connectivity index is 1.75. The molecule has 1 aromatic carbocycles. The number of ether oxygens (including phenoxy) is 1. The first kappa shape index (κ1) is 17.9. The smallest absolute Gasteiger partial charge is 0.313 e. The first-order chi connectivity index (χ1) is 12.1. The van der Waals surface area contributed by atoms with Crippen LogP contribution in [0.15, 0.2) is 24.3 Å². The molecule has 0 spiro atoms. The zero-order chi connectivity index (χ0) is 17.8. The van der Waals surface area contributed by atoms with Gasteiger partial charge < -0.3 is 14.7 Å². The van der Waals surface area contributed by atoms with E-state index in [4.69, 9.17) is 4.74 Å². The van der Waals surface area contributed by atoms with Crippen LogP contribution in [0.2, 0.25) is 0 Å². The second-order valence-electron chi connectivity index (χ2n) is 6.68. The van der Waals surface area contributed by atoms with Crippen LogP contribution in [0.4, 0.5) is 0 Å². The topological polar surface area (TPSA) is 70.1 Å². The van der Waals surface area contributed by atoms with Gasteiger partial charge in [-0.25, -0.2) is 0 Å². The summed E-state index contributed by atoms with van der Waals surface area (Å²) in [6, 6.07) is 6.84. The number of amides is 1. The number of carbonyl (C=O) groups excluding carboxylic acids is 1. The van der Waals surface area contributed by atoms with Crippen LogP contribution in [0, 0.1) is 0 Å². The van der Waals surface area contributed by atoms with Crippen molar-refractivity contribution in [2.75, 3.05) is 39.4 Å². The Labute approximate surface area is 148 Å². The Morgan fingerprint density at radius 2 is 1.96 bits per heavy atom. The number of carboxylic acid groups (broad SMARTS) is 1. The molecule has 2 aliphatic rings. The van der Waals surface area contributed by atoms with Crippen molar-refractivity contribution in [3.05, 3.63) is 35.4 Å². The summed E-state index contributed by atoms with van der Waals surface area (Å²) in [6.07, 6.45) is 1.48. The van der Waals surface area contributed by atoms with Gasteiger partial charge in [-0.2, -0.15) is 0 Å². The van der Waals surface area contributed by atoms with E-state index in [2.05, 4.69) is 4.90 Å². The van der Waals surface area contributed by atoms with Gasteiger partial charge in [-0.3, -0.25) is 14.5 Å². The minimum Gasteiger partial charge on any atom is -0.481 e. The van der Waals surface area contributed by atoms with Crippen LogP contribution in [-0.2, 0) is 9.53 Å². The Hall–Kier alpha value is -1.92. The van der Waals surface area contributed by atoms with Gasteiger partial charge in [0, 0.05) is 37.8 Å². The predicted molar refractivity (Wildman–Crippen MR) is 93.8 cm³/mol. The largest absolute Gasteiger partial charge is 0.481 e. The quantitative estimate of drug-likeness (QED) is 0.851. The van der Waals surface area contributed by atoms with E-state index < -0.39 is 11.9 Å². The van der Waals surface area contributed by atoms with Crippen LogP contribution in [0.1, 0.15) is 41.6 Å². The van der Waals surface area contributed by atoms with Crippen molar-refractivity contribution >= 4 is 11.9 Å². The van der Waals surface area contributed by atoms with E-state index in [0.717, 1.165) is 39.3 Å². The van der Waals surface area contributed by atoms with Gasteiger partial charge in [-0.1, -0.05) is 25.1 Å². The van der Waals surface area contributed by atoms with Crippen molar-refractivity contribution < 1.29 is 19.4 Å². The van der Waals surface area contributed by atoms with Gasteiger partial charge in [0.05, 0.1) is 13.2 Å². The van der Waals surface area contributed by atoms with E-state index >= 15 is 0 Å². The molecule has 1 N–H and O–H groups in total. The third-order valence-corrected chi connectivity index (χ3v) is 5.23. The molecule has 6 heteroatoms. The summed E-state index contributed by atoms with van der Waals surface area (Å²) in [5.41, 5.74) is 1.18. The molecule has 1 aromatic rings. The van der Waals surface area contributed by atoms with E-state index in [1.54, 1.807) is 23.1 Å². The van der Waals surface area contributed by atoms with E-state index in [-0.39, 0.29) is 11.9 Å². The van der Waals surface area contributed by atoms with Crippen LogP contribution < -0.4 is 0 Å². The molecule has 2 heterocycles. The standard InChI is InChI=1S/C19H26N2O4/c1-2-16-17(19(23)24)14-6-3-4-7-15(14)18(22)21(16)9-5-8-20-10-12-25-13-11-20/h3-4,6-7,16-17H,2,5,8-13H2,1H3,(H,23,24). The lowest BCUT2D eigenvalue weighted by Gasteiger charge is -2.40. The first-order valence-corrected chi connectivity index (χ1v) is 9.06. The Bertz CT molecular complexity index is 628. The van der Waals surface area contributed by atoms with Crippen LogP contribution in [0.3, 0.4) is 0 Å². The number of hydrogen-bond acceptors (Lipinski definition) is 4. The van der Waals surface area contributed by atoms with Gasteiger partial charge in [-0.15, -0.1) is 0 Å². The molecule has 1 fully saturated rings. The molecule has 0 bridgehead atoms. The molecular weight excluding hydrogens is 320 g/mol. The highest BCUT2D eigenvalue weighted by Gasteiger charge is 2.42. The van der Waals surface area contributed by atoms with Crippen LogP contribution in [0.25, 0.3) is 0 Å². The molecule has 3 rings (SSSR count). The van der Waals surface area contributed by atoms with Crippen LogP contribution in [0.5, 0.6) is 0 Å². The molecule has 2 atom stereocenters. The highest BCUT2D eigenvalue weighted by molar-refractivity contribution is 6.00. The molecule has 25 heavy (non-hydrogen) atoms. The number of nitrogens with zero attached hydrogens (tertiary/aromatic N) is 2. The van der Waals surface area contributed by atoms with Crippen LogP contribution >= 0.6 is 0 Å². The molecule has 1 amide bonds. The SMILES string of the molecule is CCC1C(C(=O)O)c2ccccc2C(=O)N1CCCN1CCOCC1. The van der Waals surface area contributed by atoms with Gasteiger partial charge >= 0.3 is 5.97 Å². The molecule has 6 nitrogen and oxygen atoms in total.